The van der Waals surface area contributed by atoms with Gasteiger partial charge in [-0.05, 0) is 42.8 Å². The van der Waals surface area contributed by atoms with Gasteiger partial charge >= 0.3 is 5.97 Å². The summed E-state index contributed by atoms with van der Waals surface area (Å²) in [6, 6.07) is 17.6. The van der Waals surface area contributed by atoms with Gasteiger partial charge in [0.05, 0.1) is 18.4 Å². The molecule has 2 N–H and O–H groups in total. The Morgan fingerprint density at radius 3 is 2.26 bits per heavy atom. The van der Waals surface area contributed by atoms with E-state index in [4.69, 9.17) is 4.74 Å². The van der Waals surface area contributed by atoms with Crippen molar-refractivity contribution in [3.05, 3.63) is 77.5 Å². The smallest absolute Gasteiger partial charge is 0.339 e. The molecule has 0 fully saturated rings. The van der Waals surface area contributed by atoms with E-state index in [1.54, 1.807) is 36.4 Å². The summed E-state index contributed by atoms with van der Waals surface area (Å²) in [5.41, 5.74) is 2.72. The summed E-state index contributed by atoms with van der Waals surface area (Å²) < 4.78 is 4.72. The number of aromatic nitrogens is 2. The molecule has 7 nitrogen and oxygen atoms in total. The molecule has 0 saturated heterocycles. The minimum Gasteiger partial charge on any atom is -0.465 e. The molecule has 3 aromatic rings. The Hall–Kier alpha value is -3.74. The van der Waals surface area contributed by atoms with Gasteiger partial charge in [0.25, 0.3) is 5.91 Å². The second-order valence-corrected chi connectivity index (χ2v) is 5.74. The zero-order chi connectivity index (χ0) is 19.2. The molecule has 136 valence electrons. The number of carbonyl (C=O) groups excluding carboxylic acids is 2. The number of nitrogens with zero attached hydrogens (tertiary/aromatic N) is 2. The molecule has 0 aliphatic carbocycles. The van der Waals surface area contributed by atoms with Gasteiger partial charge in [-0.3, -0.25) is 4.79 Å². The van der Waals surface area contributed by atoms with E-state index in [1.165, 1.54) is 7.11 Å². The van der Waals surface area contributed by atoms with Crippen molar-refractivity contribution in [1.82, 2.24) is 10.2 Å². The standard InChI is InChI=1S/C20H18N4O3/c1-13-7-3-5-9-15(13)21-18-12-11-17(23-24-18)19(25)22-16-10-6-4-8-14(16)20(26)27-2/h3-12H,1-2H3,(H,21,24)(H,22,25). The fourth-order valence-corrected chi connectivity index (χ4v) is 2.44. The number of benzene rings is 2. The van der Waals surface area contributed by atoms with Crippen LogP contribution in [0.3, 0.4) is 0 Å². The summed E-state index contributed by atoms with van der Waals surface area (Å²) in [5.74, 6) is -0.480. The lowest BCUT2D eigenvalue weighted by molar-refractivity contribution is 0.0602. The average molecular weight is 362 g/mol. The fraction of sp³-hybridized carbons (Fsp3) is 0.100. The van der Waals surface area contributed by atoms with Crippen LogP contribution >= 0.6 is 0 Å². The lowest BCUT2D eigenvalue weighted by atomic mass is 10.1. The first-order valence-corrected chi connectivity index (χ1v) is 8.23. The van der Waals surface area contributed by atoms with E-state index in [0.29, 0.717) is 11.5 Å². The molecule has 3 rings (SSSR count). The van der Waals surface area contributed by atoms with Gasteiger partial charge < -0.3 is 15.4 Å². The number of carbonyl (C=O) groups is 2. The second-order valence-electron chi connectivity index (χ2n) is 5.74. The van der Waals surface area contributed by atoms with Gasteiger partial charge in [-0.1, -0.05) is 30.3 Å². The van der Waals surface area contributed by atoms with Gasteiger partial charge in [0.15, 0.2) is 11.5 Å². The number of rotatable bonds is 5. The van der Waals surface area contributed by atoms with Crippen LogP contribution in [0.2, 0.25) is 0 Å². The van der Waals surface area contributed by atoms with Crippen LogP contribution in [0, 0.1) is 6.92 Å². The second kappa shape index (κ2) is 8.09. The summed E-state index contributed by atoms with van der Waals surface area (Å²) in [7, 11) is 1.28. The Kier molecular flexibility index (Phi) is 5.41. The third-order valence-corrected chi connectivity index (χ3v) is 3.89. The highest BCUT2D eigenvalue weighted by atomic mass is 16.5. The lowest BCUT2D eigenvalue weighted by Crippen LogP contribution is -2.17. The molecule has 0 saturated carbocycles. The van der Waals surface area contributed by atoms with Crippen molar-refractivity contribution in [2.45, 2.75) is 6.92 Å². The molecule has 0 unspecified atom stereocenters. The van der Waals surface area contributed by atoms with Gasteiger partial charge in [-0.2, -0.15) is 0 Å². The van der Waals surface area contributed by atoms with Crippen LogP contribution in [0.4, 0.5) is 17.2 Å². The number of amides is 1. The van der Waals surface area contributed by atoms with Crippen LogP contribution in [-0.2, 0) is 4.74 Å². The van der Waals surface area contributed by atoms with E-state index in [9.17, 15) is 9.59 Å². The monoisotopic (exact) mass is 362 g/mol. The number of aryl methyl sites for hydroxylation is 1. The quantitative estimate of drug-likeness (QED) is 0.674. The number of methoxy groups -OCH3 is 1. The summed E-state index contributed by atoms with van der Waals surface area (Å²) in [6.07, 6.45) is 0. The number of anilines is 3. The Morgan fingerprint density at radius 1 is 0.889 bits per heavy atom. The molecule has 27 heavy (non-hydrogen) atoms. The predicted molar refractivity (Wildman–Crippen MR) is 102 cm³/mol. The average Bonchev–Trinajstić information content (AvgIpc) is 2.70. The highest BCUT2D eigenvalue weighted by Crippen LogP contribution is 2.19. The molecule has 1 aromatic heterocycles. The Bertz CT molecular complexity index is 971. The van der Waals surface area contributed by atoms with Gasteiger partial charge in [0, 0.05) is 5.69 Å². The van der Waals surface area contributed by atoms with Gasteiger partial charge in [-0.15, -0.1) is 10.2 Å². The lowest BCUT2D eigenvalue weighted by Gasteiger charge is -2.10. The molecular weight excluding hydrogens is 344 g/mol. The minimum atomic E-state index is -0.533. The topological polar surface area (TPSA) is 93.2 Å². The highest BCUT2D eigenvalue weighted by molar-refractivity contribution is 6.07. The van der Waals surface area contributed by atoms with E-state index < -0.39 is 11.9 Å². The predicted octanol–water partition coefficient (Wildman–Crippen LogP) is 3.57. The van der Waals surface area contributed by atoms with Crippen molar-refractivity contribution >= 4 is 29.1 Å². The molecule has 2 aromatic carbocycles. The Balaban J connectivity index is 1.73. The molecule has 7 heteroatoms. The third kappa shape index (κ3) is 4.27. The molecule has 0 aliphatic rings. The number of ether oxygens (including phenoxy) is 1. The van der Waals surface area contributed by atoms with E-state index in [1.807, 2.05) is 31.2 Å². The Morgan fingerprint density at radius 2 is 1.59 bits per heavy atom. The van der Waals surface area contributed by atoms with Crippen LogP contribution in [0.15, 0.2) is 60.7 Å². The third-order valence-electron chi connectivity index (χ3n) is 3.89. The molecule has 1 amide bonds. The SMILES string of the molecule is COC(=O)c1ccccc1NC(=O)c1ccc(Nc2ccccc2C)nn1. The first kappa shape index (κ1) is 18.1. The zero-order valence-corrected chi connectivity index (χ0v) is 14.9. The van der Waals surface area contributed by atoms with E-state index in [0.717, 1.165) is 11.3 Å². The van der Waals surface area contributed by atoms with Crippen molar-refractivity contribution < 1.29 is 14.3 Å². The Labute approximate surface area is 156 Å². The number of hydrogen-bond acceptors (Lipinski definition) is 6. The van der Waals surface area contributed by atoms with Crippen LogP contribution in [0.1, 0.15) is 26.4 Å². The van der Waals surface area contributed by atoms with Gasteiger partial charge in [0.2, 0.25) is 0 Å². The van der Waals surface area contributed by atoms with Crippen molar-refractivity contribution in [2.75, 3.05) is 17.7 Å². The van der Waals surface area contributed by atoms with E-state index >= 15 is 0 Å². The molecule has 0 spiro atoms. The molecule has 0 atom stereocenters. The van der Waals surface area contributed by atoms with Crippen molar-refractivity contribution in [3.63, 3.8) is 0 Å². The summed E-state index contributed by atoms with van der Waals surface area (Å²) in [4.78, 5) is 24.2. The van der Waals surface area contributed by atoms with Gasteiger partial charge in [-0.25, -0.2) is 4.79 Å². The first-order valence-electron chi connectivity index (χ1n) is 8.23. The number of para-hydroxylation sites is 2. The van der Waals surface area contributed by atoms with E-state index in [-0.39, 0.29) is 11.3 Å². The molecule has 0 radical (unpaired) electrons. The number of hydrogen-bond donors (Lipinski definition) is 2. The normalized spacial score (nSPS) is 10.1. The van der Waals surface area contributed by atoms with Crippen molar-refractivity contribution in [1.29, 1.82) is 0 Å². The van der Waals surface area contributed by atoms with Crippen LogP contribution in [0.5, 0.6) is 0 Å². The van der Waals surface area contributed by atoms with Crippen molar-refractivity contribution in [2.24, 2.45) is 0 Å². The zero-order valence-electron chi connectivity index (χ0n) is 14.9. The van der Waals surface area contributed by atoms with E-state index in [2.05, 4.69) is 20.8 Å². The maximum Gasteiger partial charge on any atom is 0.339 e. The first-order chi connectivity index (χ1) is 13.1. The molecular formula is C20H18N4O3. The highest BCUT2D eigenvalue weighted by Gasteiger charge is 2.15. The fourth-order valence-electron chi connectivity index (χ4n) is 2.44. The van der Waals surface area contributed by atoms with Crippen LogP contribution < -0.4 is 10.6 Å². The maximum atomic E-state index is 12.4. The van der Waals surface area contributed by atoms with Crippen molar-refractivity contribution in [3.8, 4) is 0 Å². The van der Waals surface area contributed by atoms with Gasteiger partial charge in [0.1, 0.15) is 0 Å². The minimum absolute atomic E-state index is 0.130. The summed E-state index contributed by atoms with van der Waals surface area (Å²) >= 11 is 0. The maximum absolute atomic E-state index is 12.4. The molecule has 0 bridgehead atoms. The van der Waals surface area contributed by atoms with Crippen LogP contribution in [0.25, 0.3) is 0 Å². The number of nitrogens with one attached hydrogen (secondary N) is 2. The summed E-state index contributed by atoms with van der Waals surface area (Å²) in [6.45, 7) is 1.98. The molecule has 0 aliphatic heterocycles. The largest absolute Gasteiger partial charge is 0.465 e. The van der Waals surface area contributed by atoms with Crippen LogP contribution in [-0.4, -0.2) is 29.2 Å². The number of esters is 1. The summed E-state index contributed by atoms with van der Waals surface area (Å²) in [5, 5.41) is 13.8. The molecule has 1 heterocycles.